The van der Waals surface area contributed by atoms with E-state index >= 15 is 0 Å². The summed E-state index contributed by atoms with van der Waals surface area (Å²) in [4.78, 5) is 15.2. The Hall–Kier alpha value is -1.89. The minimum Gasteiger partial charge on any atom is -0.322 e. The lowest BCUT2D eigenvalue weighted by Crippen LogP contribution is -3.27. The number of nitro benzene ring substituents is 1. The van der Waals surface area contributed by atoms with Gasteiger partial charge >= 0.3 is 0 Å². The minimum atomic E-state index is -0.269. The topological polar surface area (TPSA) is 52.0 Å². The smallest absolute Gasteiger partial charge is 0.278 e. The van der Waals surface area contributed by atoms with Gasteiger partial charge in [-0.1, -0.05) is 24.3 Å². The van der Waals surface area contributed by atoms with Crippen LogP contribution >= 0.6 is 11.8 Å². The molecule has 3 rings (SSSR count). The van der Waals surface area contributed by atoms with Crippen molar-refractivity contribution in [1.82, 2.24) is 0 Å². The SMILES string of the molecule is CSc1ccc(C[NH+]2CC[NH+](Cc3ccccc3[N+](=O)[O-])CC2)cc1. The number of thioether (sulfide) groups is 1. The predicted molar refractivity (Wildman–Crippen MR) is 100 cm³/mol. The van der Waals surface area contributed by atoms with Gasteiger partial charge in [0.15, 0.2) is 0 Å². The van der Waals surface area contributed by atoms with Crippen LogP contribution in [0.15, 0.2) is 53.4 Å². The van der Waals surface area contributed by atoms with E-state index in [1.165, 1.54) is 15.4 Å². The lowest BCUT2D eigenvalue weighted by Gasteiger charge is -2.29. The molecular weight excluding hydrogens is 334 g/mol. The van der Waals surface area contributed by atoms with Crippen molar-refractivity contribution >= 4 is 17.4 Å². The fourth-order valence-electron chi connectivity index (χ4n) is 3.45. The van der Waals surface area contributed by atoms with Gasteiger partial charge in [-0.3, -0.25) is 10.1 Å². The van der Waals surface area contributed by atoms with Gasteiger partial charge in [-0.25, -0.2) is 0 Å². The van der Waals surface area contributed by atoms with Crippen molar-refractivity contribution in [3.05, 3.63) is 69.8 Å². The highest BCUT2D eigenvalue weighted by molar-refractivity contribution is 7.98. The zero-order valence-electron chi connectivity index (χ0n) is 14.5. The van der Waals surface area contributed by atoms with E-state index in [-0.39, 0.29) is 10.6 Å². The van der Waals surface area contributed by atoms with Gasteiger partial charge in [-0.2, -0.15) is 0 Å². The molecule has 0 aromatic heterocycles. The molecule has 132 valence electrons. The van der Waals surface area contributed by atoms with Crippen LogP contribution in [0.1, 0.15) is 11.1 Å². The summed E-state index contributed by atoms with van der Waals surface area (Å²) in [6.07, 6.45) is 2.10. The molecule has 1 heterocycles. The number of hydrogen-bond acceptors (Lipinski definition) is 3. The first-order valence-electron chi connectivity index (χ1n) is 8.68. The van der Waals surface area contributed by atoms with Crippen LogP contribution in [0.5, 0.6) is 0 Å². The largest absolute Gasteiger partial charge is 0.322 e. The first-order valence-corrected chi connectivity index (χ1v) is 9.90. The minimum absolute atomic E-state index is 0.249. The summed E-state index contributed by atoms with van der Waals surface area (Å²) in [5, 5.41) is 11.2. The number of nitrogens with one attached hydrogen (secondary N) is 2. The number of hydrogen-bond donors (Lipinski definition) is 2. The summed E-state index contributed by atoms with van der Waals surface area (Å²) in [6, 6.07) is 16.0. The van der Waals surface area contributed by atoms with Crippen LogP contribution in [0.2, 0.25) is 0 Å². The molecule has 0 spiro atoms. The Balaban J connectivity index is 1.52. The third kappa shape index (κ3) is 4.81. The highest BCUT2D eigenvalue weighted by Gasteiger charge is 2.25. The quantitative estimate of drug-likeness (QED) is 0.456. The fourth-order valence-corrected chi connectivity index (χ4v) is 3.86. The molecule has 0 atom stereocenters. The Morgan fingerprint density at radius 2 is 1.56 bits per heavy atom. The van der Waals surface area contributed by atoms with E-state index in [1.54, 1.807) is 28.8 Å². The number of nitro groups is 1. The second kappa shape index (κ2) is 8.47. The maximum atomic E-state index is 11.2. The Morgan fingerprint density at radius 1 is 0.960 bits per heavy atom. The maximum absolute atomic E-state index is 11.2. The van der Waals surface area contributed by atoms with Crippen molar-refractivity contribution in [2.45, 2.75) is 18.0 Å². The van der Waals surface area contributed by atoms with E-state index in [0.29, 0.717) is 0 Å². The number of rotatable bonds is 6. The summed E-state index contributed by atoms with van der Waals surface area (Å²) in [5.41, 5.74) is 2.48. The van der Waals surface area contributed by atoms with Crippen LogP contribution in [-0.2, 0) is 13.1 Å². The molecule has 2 aromatic rings. The van der Waals surface area contributed by atoms with Crippen molar-refractivity contribution in [3.63, 3.8) is 0 Å². The molecule has 0 bridgehead atoms. The van der Waals surface area contributed by atoms with E-state index in [9.17, 15) is 10.1 Å². The van der Waals surface area contributed by atoms with E-state index in [2.05, 4.69) is 30.5 Å². The van der Waals surface area contributed by atoms with E-state index in [4.69, 9.17) is 0 Å². The van der Waals surface area contributed by atoms with Gasteiger partial charge < -0.3 is 9.80 Å². The number of para-hydroxylation sites is 1. The van der Waals surface area contributed by atoms with Crippen LogP contribution in [0.3, 0.4) is 0 Å². The van der Waals surface area contributed by atoms with Crippen molar-refractivity contribution < 1.29 is 14.7 Å². The number of quaternary nitrogens is 2. The first kappa shape index (κ1) is 17.9. The fraction of sp³-hybridized carbons (Fsp3) is 0.368. The average Bonchev–Trinajstić information content (AvgIpc) is 2.64. The first-order chi connectivity index (χ1) is 12.2. The number of nitrogens with zero attached hydrogens (tertiary/aromatic N) is 1. The predicted octanol–water partition coefficient (Wildman–Crippen LogP) is 0.800. The van der Waals surface area contributed by atoms with Gasteiger partial charge in [0.05, 0.1) is 10.5 Å². The molecular formula is C19H25N3O2S+2. The lowest BCUT2D eigenvalue weighted by molar-refractivity contribution is -1.02. The summed E-state index contributed by atoms with van der Waals surface area (Å²) >= 11 is 1.77. The molecule has 1 fully saturated rings. The average molecular weight is 359 g/mol. The summed E-state index contributed by atoms with van der Waals surface area (Å²) in [7, 11) is 0. The van der Waals surface area contributed by atoms with Crippen LogP contribution in [0.4, 0.5) is 5.69 Å². The van der Waals surface area contributed by atoms with Gasteiger partial charge in [0.25, 0.3) is 5.69 Å². The van der Waals surface area contributed by atoms with Crippen molar-refractivity contribution in [1.29, 1.82) is 0 Å². The van der Waals surface area contributed by atoms with Crippen molar-refractivity contribution in [2.24, 2.45) is 0 Å². The molecule has 1 aliphatic rings. The Bertz CT molecular complexity index is 713. The third-order valence-electron chi connectivity index (χ3n) is 4.91. The molecule has 1 aliphatic heterocycles. The highest BCUT2D eigenvalue weighted by Crippen LogP contribution is 2.16. The molecule has 6 heteroatoms. The molecule has 2 aromatic carbocycles. The molecule has 0 saturated carbocycles. The molecule has 0 amide bonds. The van der Waals surface area contributed by atoms with E-state index in [0.717, 1.165) is 44.8 Å². The maximum Gasteiger partial charge on any atom is 0.278 e. The van der Waals surface area contributed by atoms with Gasteiger partial charge in [0.2, 0.25) is 0 Å². The number of piperazine rings is 1. The van der Waals surface area contributed by atoms with Gasteiger partial charge in [-0.15, -0.1) is 11.8 Å². The summed E-state index contributed by atoms with van der Waals surface area (Å²) in [5.74, 6) is 0. The standard InChI is InChI=1S/C19H23N3O2S/c1-25-18-8-6-16(7-9-18)14-20-10-12-21(13-11-20)15-17-4-2-3-5-19(17)22(23)24/h2-9H,10-15H2,1H3/p+2. The Kier molecular flexibility index (Phi) is 6.07. The molecule has 5 nitrogen and oxygen atoms in total. The molecule has 0 aliphatic carbocycles. The van der Waals surface area contributed by atoms with Crippen LogP contribution < -0.4 is 9.80 Å². The number of benzene rings is 2. The summed E-state index contributed by atoms with van der Waals surface area (Å²) in [6.45, 7) is 6.15. The van der Waals surface area contributed by atoms with Crippen LogP contribution in [0.25, 0.3) is 0 Å². The molecule has 2 N–H and O–H groups in total. The monoisotopic (exact) mass is 359 g/mol. The Morgan fingerprint density at radius 3 is 2.16 bits per heavy atom. The Labute approximate surface area is 152 Å². The zero-order chi connectivity index (χ0) is 17.6. The van der Waals surface area contributed by atoms with E-state index in [1.807, 2.05) is 12.1 Å². The lowest BCUT2D eigenvalue weighted by atomic mass is 10.1. The second-order valence-corrected chi connectivity index (χ2v) is 7.47. The van der Waals surface area contributed by atoms with Gasteiger partial charge in [0.1, 0.15) is 39.3 Å². The molecule has 25 heavy (non-hydrogen) atoms. The van der Waals surface area contributed by atoms with Crippen molar-refractivity contribution in [2.75, 3.05) is 32.4 Å². The van der Waals surface area contributed by atoms with Gasteiger partial charge in [0, 0.05) is 16.5 Å². The van der Waals surface area contributed by atoms with Crippen LogP contribution in [0, 0.1) is 10.1 Å². The van der Waals surface area contributed by atoms with Crippen molar-refractivity contribution in [3.8, 4) is 0 Å². The normalized spacial score (nSPS) is 20.4. The highest BCUT2D eigenvalue weighted by atomic mass is 32.2. The van der Waals surface area contributed by atoms with Crippen LogP contribution in [-0.4, -0.2) is 37.4 Å². The molecule has 1 saturated heterocycles. The summed E-state index contributed by atoms with van der Waals surface area (Å²) < 4.78 is 0. The molecule has 0 unspecified atom stereocenters. The van der Waals surface area contributed by atoms with Gasteiger partial charge in [-0.05, 0) is 24.5 Å². The molecule has 0 radical (unpaired) electrons. The second-order valence-electron chi connectivity index (χ2n) is 6.59. The van der Waals surface area contributed by atoms with E-state index < -0.39 is 0 Å². The third-order valence-corrected chi connectivity index (χ3v) is 5.65. The zero-order valence-corrected chi connectivity index (χ0v) is 15.3.